The highest BCUT2D eigenvalue weighted by molar-refractivity contribution is 9.11. The van der Waals surface area contributed by atoms with Crippen molar-refractivity contribution in [3.8, 4) is 0 Å². The Morgan fingerprint density at radius 2 is 2.21 bits per heavy atom. The average Bonchev–Trinajstić information content (AvgIpc) is 2.46. The summed E-state index contributed by atoms with van der Waals surface area (Å²) in [7, 11) is 0. The number of thiophene rings is 1. The summed E-state index contributed by atoms with van der Waals surface area (Å²) in [4.78, 5) is 11.6. The molecule has 4 heteroatoms. The maximum Gasteiger partial charge on any atom is 0.328 e. The lowest BCUT2D eigenvalue weighted by Gasteiger charge is -2.07. The molecule has 0 atom stereocenters. The smallest absolute Gasteiger partial charge is 0.328 e. The topological polar surface area (TPSA) is 37.3 Å². The Morgan fingerprint density at radius 1 is 1.57 bits per heavy atom. The summed E-state index contributed by atoms with van der Waals surface area (Å²) in [6, 6.07) is 3.86. The molecule has 1 heterocycles. The van der Waals surface area contributed by atoms with E-state index in [-0.39, 0.29) is 5.92 Å². The number of hydrogen-bond acceptors (Lipinski definition) is 2. The molecule has 0 saturated carbocycles. The second-order valence-corrected chi connectivity index (χ2v) is 5.66. The highest BCUT2D eigenvalue weighted by atomic mass is 79.9. The fraction of sp³-hybridized carbons (Fsp3) is 0.300. The van der Waals surface area contributed by atoms with Crippen LogP contribution in [0.15, 0.2) is 22.0 Å². The Morgan fingerprint density at radius 3 is 2.57 bits per heavy atom. The molecule has 0 bridgehead atoms. The first-order valence-corrected chi connectivity index (χ1v) is 5.82. The van der Waals surface area contributed by atoms with Gasteiger partial charge in [0.15, 0.2) is 0 Å². The summed E-state index contributed by atoms with van der Waals surface area (Å²) in [6.07, 6.45) is 1.28. The number of carboxylic acids is 1. The van der Waals surface area contributed by atoms with Gasteiger partial charge in [-0.1, -0.05) is 13.8 Å². The number of allylic oxidation sites excluding steroid dienone is 1. The van der Waals surface area contributed by atoms with E-state index in [1.54, 1.807) is 11.3 Å². The van der Waals surface area contributed by atoms with Gasteiger partial charge < -0.3 is 5.11 Å². The molecule has 14 heavy (non-hydrogen) atoms. The van der Waals surface area contributed by atoms with Crippen LogP contribution in [0.4, 0.5) is 0 Å². The maximum absolute atomic E-state index is 10.6. The van der Waals surface area contributed by atoms with Crippen molar-refractivity contribution in [2.75, 3.05) is 0 Å². The van der Waals surface area contributed by atoms with Crippen LogP contribution in [0, 0.1) is 5.92 Å². The van der Waals surface area contributed by atoms with Crippen molar-refractivity contribution >= 4 is 38.8 Å². The number of carbonyl (C=O) groups is 1. The lowest BCUT2D eigenvalue weighted by atomic mass is 10.0. The van der Waals surface area contributed by atoms with Crippen LogP contribution in [0.2, 0.25) is 0 Å². The summed E-state index contributed by atoms with van der Waals surface area (Å²) in [6.45, 7) is 3.98. The van der Waals surface area contributed by atoms with E-state index < -0.39 is 5.97 Å². The molecule has 0 radical (unpaired) electrons. The molecule has 0 aliphatic carbocycles. The molecule has 0 aliphatic rings. The fourth-order valence-corrected chi connectivity index (χ4v) is 2.67. The minimum atomic E-state index is -0.891. The van der Waals surface area contributed by atoms with Crippen LogP contribution in [0.5, 0.6) is 0 Å². The Bertz CT molecular complexity index is 366. The van der Waals surface area contributed by atoms with Crippen LogP contribution in [0.1, 0.15) is 18.7 Å². The Labute approximate surface area is 95.4 Å². The first-order valence-electron chi connectivity index (χ1n) is 4.21. The molecule has 0 unspecified atom stereocenters. The van der Waals surface area contributed by atoms with Gasteiger partial charge in [-0.2, -0.15) is 0 Å². The zero-order valence-corrected chi connectivity index (χ0v) is 10.4. The Kier molecular flexibility index (Phi) is 3.89. The van der Waals surface area contributed by atoms with Crippen molar-refractivity contribution in [3.63, 3.8) is 0 Å². The highest BCUT2D eigenvalue weighted by Crippen LogP contribution is 2.31. The molecule has 1 rings (SSSR count). The third kappa shape index (κ3) is 2.96. The molecule has 0 saturated heterocycles. The van der Waals surface area contributed by atoms with Gasteiger partial charge in [-0.05, 0) is 39.6 Å². The number of carboxylic acid groups (broad SMARTS) is 1. The summed E-state index contributed by atoms with van der Waals surface area (Å²) in [5.41, 5.74) is 0.869. The molecular weight excluding hydrogens is 264 g/mol. The number of aliphatic carboxylic acids is 1. The zero-order chi connectivity index (χ0) is 10.7. The predicted octanol–water partition coefficient (Wildman–Crippen LogP) is 3.63. The Balaban J connectivity index is 3.06. The lowest BCUT2D eigenvalue weighted by molar-refractivity contribution is -0.131. The number of hydrogen-bond donors (Lipinski definition) is 1. The normalized spacial score (nSPS) is 12.1. The second kappa shape index (κ2) is 4.75. The van der Waals surface area contributed by atoms with Gasteiger partial charge in [0.1, 0.15) is 0 Å². The van der Waals surface area contributed by atoms with Gasteiger partial charge in [0, 0.05) is 11.0 Å². The predicted molar refractivity (Wildman–Crippen MR) is 62.5 cm³/mol. The van der Waals surface area contributed by atoms with Crippen molar-refractivity contribution in [3.05, 3.63) is 26.9 Å². The van der Waals surface area contributed by atoms with E-state index in [0.29, 0.717) is 0 Å². The van der Waals surface area contributed by atoms with Gasteiger partial charge >= 0.3 is 5.97 Å². The molecule has 0 aliphatic heterocycles. The third-order valence-electron chi connectivity index (χ3n) is 1.76. The first kappa shape index (κ1) is 11.5. The molecule has 76 valence electrons. The van der Waals surface area contributed by atoms with Gasteiger partial charge in [0.05, 0.1) is 3.79 Å². The number of halogens is 1. The third-order valence-corrected chi connectivity index (χ3v) is 3.43. The summed E-state index contributed by atoms with van der Waals surface area (Å²) in [5, 5.41) is 8.72. The van der Waals surface area contributed by atoms with Gasteiger partial charge in [-0.3, -0.25) is 0 Å². The highest BCUT2D eigenvalue weighted by Gasteiger charge is 2.10. The minimum absolute atomic E-state index is 0.219. The molecule has 0 aromatic carbocycles. The summed E-state index contributed by atoms with van der Waals surface area (Å²) < 4.78 is 1.02. The van der Waals surface area contributed by atoms with Gasteiger partial charge in [-0.15, -0.1) is 11.3 Å². The first-order chi connectivity index (χ1) is 6.50. The second-order valence-electron chi connectivity index (χ2n) is 3.20. The SMILES string of the molecule is CC(C)/C(=C\C(=O)O)c1ccc(Br)s1. The van der Waals surface area contributed by atoms with E-state index in [1.165, 1.54) is 6.08 Å². The lowest BCUT2D eigenvalue weighted by Crippen LogP contribution is -1.96. The molecule has 2 nitrogen and oxygen atoms in total. The molecule has 0 fully saturated rings. The van der Waals surface area contributed by atoms with Crippen LogP contribution in [-0.2, 0) is 4.79 Å². The van der Waals surface area contributed by atoms with Crippen molar-refractivity contribution in [2.45, 2.75) is 13.8 Å². The van der Waals surface area contributed by atoms with Crippen molar-refractivity contribution in [1.29, 1.82) is 0 Å². The summed E-state index contributed by atoms with van der Waals surface area (Å²) in [5.74, 6) is -0.671. The van der Waals surface area contributed by atoms with Crippen LogP contribution >= 0.6 is 27.3 Å². The van der Waals surface area contributed by atoms with E-state index >= 15 is 0 Å². The minimum Gasteiger partial charge on any atom is -0.478 e. The average molecular weight is 275 g/mol. The van der Waals surface area contributed by atoms with Crippen molar-refractivity contribution in [2.24, 2.45) is 5.92 Å². The maximum atomic E-state index is 10.6. The quantitative estimate of drug-likeness (QED) is 0.855. The standard InChI is InChI=1S/C10H11BrO2S/c1-6(2)7(5-10(12)13)8-3-4-9(11)14-8/h3-6H,1-2H3,(H,12,13)/b7-5+. The molecule has 0 amide bonds. The fourth-order valence-electron chi connectivity index (χ4n) is 1.12. The van der Waals surface area contributed by atoms with Gasteiger partial charge in [0.25, 0.3) is 0 Å². The van der Waals surface area contributed by atoms with E-state index in [9.17, 15) is 4.79 Å². The van der Waals surface area contributed by atoms with Crippen LogP contribution in [0.3, 0.4) is 0 Å². The Hall–Kier alpha value is -0.610. The molecular formula is C10H11BrO2S. The van der Waals surface area contributed by atoms with Gasteiger partial charge in [0.2, 0.25) is 0 Å². The molecule has 0 spiro atoms. The van der Waals surface area contributed by atoms with Gasteiger partial charge in [-0.25, -0.2) is 4.79 Å². The van der Waals surface area contributed by atoms with E-state index in [4.69, 9.17) is 5.11 Å². The summed E-state index contributed by atoms with van der Waals surface area (Å²) >= 11 is 4.91. The van der Waals surface area contributed by atoms with E-state index in [1.807, 2.05) is 26.0 Å². The van der Waals surface area contributed by atoms with Crippen LogP contribution in [-0.4, -0.2) is 11.1 Å². The monoisotopic (exact) mass is 274 g/mol. The number of rotatable bonds is 3. The van der Waals surface area contributed by atoms with Crippen molar-refractivity contribution in [1.82, 2.24) is 0 Å². The van der Waals surface area contributed by atoms with Crippen LogP contribution in [0.25, 0.3) is 5.57 Å². The zero-order valence-electron chi connectivity index (χ0n) is 7.95. The van der Waals surface area contributed by atoms with E-state index in [0.717, 1.165) is 14.2 Å². The molecule has 1 aromatic heterocycles. The molecule has 1 N–H and O–H groups in total. The van der Waals surface area contributed by atoms with Crippen molar-refractivity contribution < 1.29 is 9.90 Å². The van der Waals surface area contributed by atoms with E-state index in [2.05, 4.69) is 15.9 Å². The van der Waals surface area contributed by atoms with Crippen LogP contribution < -0.4 is 0 Å². The molecule has 1 aromatic rings. The largest absolute Gasteiger partial charge is 0.478 e.